The standard InChI is InChI=1S/C26H27N3O3S/c1-5-32-26(31)24-20(19-10-9-16(2)14-17(19)3)15-33-25(24)28-23(30)12-11-21-18(4)27-22-8-6-7-13-29(21)22/h6-10,13-15H,5,11-12H2,1-4H3,(H,28,30). The number of esters is 1. The van der Waals surface area contributed by atoms with Crippen LogP contribution < -0.4 is 5.32 Å². The predicted molar refractivity (Wildman–Crippen MR) is 132 cm³/mol. The number of hydrogen-bond acceptors (Lipinski definition) is 5. The number of carbonyl (C=O) groups is 2. The van der Waals surface area contributed by atoms with E-state index in [1.165, 1.54) is 11.3 Å². The Labute approximate surface area is 197 Å². The lowest BCUT2D eigenvalue weighted by atomic mass is 9.97. The van der Waals surface area contributed by atoms with Crippen LogP contribution in [0.3, 0.4) is 0 Å². The largest absolute Gasteiger partial charge is 0.462 e. The fraction of sp³-hybridized carbons (Fsp3) is 0.269. The highest BCUT2D eigenvalue weighted by molar-refractivity contribution is 7.15. The van der Waals surface area contributed by atoms with Crippen LogP contribution in [-0.2, 0) is 16.0 Å². The third kappa shape index (κ3) is 4.68. The maximum absolute atomic E-state index is 12.9. The summed E-state index contributed by atoms with van der Waals surface area (Å²) in [5.74, 6) is -0.582. The van der Waals surface area contributed by atoms with Crippen molar-refractivity contribution in [2.24, 2.45) is 0 Å². The second-order valence-corrected chi connectivity index (χ2v) is 8.89. The van der Waals surface area contributed by atoms with Crippen LogP contribution >= 0.6 is 11.3 Å². The number of rotatable bonds is 7. The van der Waals surface area contributed by atoms with E-state index < -0.39 is 5.97 Å². The lowest BCUT2D eigenvalue weighted by Crippen LogP contribution is -2.15. The number of imidazole rings is 1. The van der Waals surface area contributed by atoms with Crippen molar-refractivity contribution < 1.29 is 14.3 Å². The molecule has 0 aliphatic rings. The normalized spacial score (nSPS) is 11.0. The molecule has 33 heavy (non-hydrogen) atoms. The lowest BCUT2D eigenvalue weighted by molar-refractivity contribution is -0.116. The molecular weight excluding hydrogens is 434 g/mol. The first-order valence-corrected chi connectivity index (χ1v) is 11.9. The quantitative estimate of drug-likeness (QED) is 0.357. The second-order valence-electron chi connectivity index (χ2n) is 8.01. The molecule has 0 radical (unpaired) electrons. The summed E-state index contributed by atoms with van der Waals surface area (Å²) in [6.07, 6.45) is 2.78. The molecule has 0 aliphatic carbocycles. The maximum Gasteiger partial charge on any atom is 0.341 e. The molecule has 0 saturated heterocycles. The van der Waals surface area contributed by atoms with Crippen molar-refractivity contribution in [2.75, 3.05) is 11.9 Å². The fourth-order valence-electron chi connectivity index (χ4n) is 4.06. The molecule has 1 amide bonds. The average Bonchev–Trinajstić information content (AvgIpc) is 3.32. The molecule has 0 bridgehead atoms. The van der Waals surface area contributed by atoms with E-state index in [0.717, 1.165) is 39.3 Å². The van der Waals surface area contributed by atoms with Crippen molar-refractivity contribution in [1.29, 1.82) is 0 Å². The van der Waals surface area contributed by atoms with Gasteiger partial charge in [0, 0.05) is 29.3 Å². The lowest BCUT2D eigenvalue weighted by Gasteiger charge is -2.11. The minimum absolute atomic E-state index is 0.153. The maximum atomic E-state index is 12.9. The Morgan fingerprint density at radius 3 is 2.70 bits per heavy atom. The predicted octanol–water partition coefficient (Wildman–Crippen LogP) is 5.74. The van der Waals surface area contributed by atoms with Crippen LogP contribution in [0.25, 0.3) is 16.8 Å². The number of anilines is 1. The van der Waals surface area contributed by atoms with Crippen molar-refractivity contribution >= 4 is 33.9 Å². The second kappa shape index (κ2) is 9.58. The molecule has 0 spiro atoms. The summed E-state index contributed by atoms with van der Waals surface area (Å²) in [6.45, 7) is 8.05. The summed E-state index contributed by atoms with van der Waals surface area (Å²) in [5, 5.41) is 5.38. The number of pyridine rings is 1. The first-order chi connectivity index (χ1) is 15.9. The van der Waals surface area contributed by atoms with Gasteiger partial charge in [-0.15, -0.1) is 11.3 Å². The number of nitrogens with zero attached hydrogens (tertiary/aromatic N) is 2. The molecule has 3 heterocycles. The van der Waals surface area contributed by atoms with Crippen LogP contribution in [0.15, 0.2) is 48.0 Å². The molecule has 4 aromatic rings. The number of nitrogens with one attached hydrogen (secondary N) is 1. The third-order valence-corrected chi connectivity index (χ3v) is 6.51. The minimum atomic E-state index is -0.429. The number of thiophene rings is 1. The van der Waals surface area contributed by atoms with E-state index in [0.29, 0.717) is 17.0 Å². The van der Waals surface area contributed by atoms with Gasteiger partial charge in [-0.05, 0) is 57.4 Å². The molecule has 4 rings (SSSR count). The number of carbonyl (C=O) groups excluding carboxylic acids is 2. The first kappa shape index (κ1) is 22.7. The number of benzene rings is 1. The Hall–Kier alpha value is -3.45. The number of ether oxygens (including phenoxy) is 1. The Bertz CT molecular complexity index is 1340. The minimum Gasteiger partial charge on any atom is -0.462 e. The van der Waals surface area contributed by atoms with Gasteiger partial charge >= 0.3 is 5.97 Å². The smallest absolute Gasteiger partial charge is 0.341 e. The molecule has 0 unspecified atom stereocenters. The van der Waals surface area contributed by atoms with Gasteiger partial charge < -0.3 is 14.5 Å². The Balaban J connectivity index is 1.58. The first-order valence-electron chi connectivity index (χ1n) is 11.0. The van der Waals surface area contributed by atoms with E-state index in [-0.39, 0.29) is 18.9 Å². The summed E-state index contributed by atoms with van der Waals surface area (Å²) in [6, 6.07) is 11.9. The van der Waals surface area contributed by atoms with E-state index in [1.54, 1.807) is 6.92 Å². The summed E-state index contributed by atoms with van der Waals surface area (Å²) < 4.78 is 7.33. The third-order valence-electron chi connectivity index (χ3n) is 5.61. The van der Waals surface area contributed by atoms with Crippen molar-refractivity contribution in [1.82, 2.24) is 9.38 Å². The molecular formula is C26H27N3O3S. The molecule has 6 nitrogen and oxygen atoms in total. The van der Waals surface area contributed by atoms with E-state index in [4.69, 9.17) is 4.74 Å². The van der Waals surface area contributed by atoms with Crippen molar-refractivity contribution in [3.63, 3.8) is 0 Å². The topological polar surface area (TPSA) is 72.7 Å². The number of aromatic nitrogens is 2. The number of amides is 1. The van der Waals surface area contributed by atoms with E-state index in [9.17, 15) is 9.59 Å². The Morgan fingerprint density at radius 2 is 1.94 bits per heavy atom. The van der Waals surface area contributed by atoms with Crippen molar-refractivity contribution in [2.45, 2.75) is 40.5 Å². The van der Waals surface area contributed by atoms with Gasteiger partial charge in [-0.2, -0.15) is 0 Å². The Kier molecular flexibility index (Phi) is 6.60. The van der Waals surface area contributed by atoms with Gasteiger partial charge in [0.25, 0.3) is 0 Å². The summed E-state index contributed by atoms with van der Waals surface area (Å²) in [5.41, 5.74) is 7.16. The molecule has 3 aromatic heterocycles. The van der Waals surface area contributed by atoms with Crippen LogP contribution in [0, 0.1) is 20.8 Å². The SMILES string of the molecule is CCOC(=O)c1c(-c2ccc(C)cc2C)csc1NC(=O)CCc1c(C)nc2ccccn12. The van der Waals surface area contributed by atoms with Gasteiger partial charge in [-0.3, -0.25) is 4.79 Å². The van der Waals surface area contributed by atoms with E-state index in [1.807, 2.05) is 67.1 Å². The highest BCUT2D eigenvalue weighted by atomic mass is 32.1. The number of fused-ring (bicyclic) bond motifs is 1. The zero-order valence-corrected chi connectivity index (χ0v) is 20.1. The highest BCUT2D eigenvalue weighted by Gasteiger charge is 2.24. The van der Waals surface area contributed by atoms with Gasteiger partial charge in [0.1, 0.15) is 16.2 Å². The monoisotopic (exact) mass is 461 g/mol. The zero-order chi connectivity index (χ0) is 23.5. The van der Waals surface area contributed by atoms with Crippen LogP contribution in [-0.4, -0.2) is 27.9 Å². The van der Waals surface area contributed by atoms with Crippen LogP contribution in [0.4, 0.5) is 5.00 Å². The van der Waals surface area contributed by atoms with Crippen LogP contribution in [0.1, 0.15) is 46.2 Å². The molecule has 0 aliphatic heterocycles. The van der Waals surface area contributed by atoms with Gasteiger partial charge in [-0.25, -0.2) is 9.78 Å². The van der Waals surface area contributed by atoms with Crippen LogP contribution in [0.5, 0.6) is 0 Å². The molecule has 0 atom stereocenters. The summed E-state index contributed by atoms with van der Waals surface area (Å²) in [4.78, 5) is 30.3. The molecule has 1 N–H and O–H groups in total. The van der Waals surface area contributed by atoms with Crippen molar-refractivity contribution in [3.05, 3.63) is 76.1 Å². The van der Waals surface area contributed by atoms with Gasteiger partial charge in [0.2, 0.25) is 5.91 Å². The average molecular weight is 462 g/mol. The number of hydrogen-bond donors (Lipinski definition) is 1. The highest BCUT2D eigenvalue weighted by Crippen LogP contribution is 2.38. The van der Waals surface area contributed by atoms with Gasteiger partial charge in [0.05, 0.1) is 12.3 Å². The van der Waals surface area contributed by atoms with Crippen molar-refractivity contribution in [3.8, 4) is 11.1 Å². The molecule has 7 heteroatoms. The summed E-state index contributed by atoms with van der Waals surface area (Å²) >= 11 is 1.35. The van der Waals surface area contributed by atoms with Gasteiger partial charge in [0.15, 0.2) is 0 Å². The molecule has 0 saturated carbocycles. The fourth-order valence-corrected chi connectivity index (χ4v) is 5.02. The molecule has 170 valence electrons. The molecule has 0 fully saturated rings. The number of aryl methyl sites for hydroxylation is 4. The van der Waals surface area contributed by atoms with E-state index in [2.05, 4.69) is 16.4 Å². The summed E-state index contributed by atoms with van der Waals surface area (Å²) in [7, 11) is 0. The van der Waals surface area contributed by atoms with E-state index >= 15 is 0 Å². The molecule has 1 aromatic carbocycles. The Morgan fingerprint density at radius 1 is 1.12 bits per heavy atom. The van der Waals surface area contributed by atoms with Gasteiger partial charge in [-0.1, -0.05) is 29.8 Å². The zero-order valence-electron chi connectivity index (χ0n) is 19.3. The van der Waals surface area contributed by atoms with Crippen LogP contribution in [0.2, 0.25) is 0 Å².